The molecule has 0 bridgehead atoms. The van der Waals surface area contributed by atoms with Crippen LogP contribution in [0.15, 0.2) is 59.3 Å². The minimum absolute atomic E-state index is 0.187. The van der Waals surface area contributed by atoms with E-state index in [4.69, 9.17) is 6.57 Å². The summed E-state index contributed by atoms with van der Waals surface area (Å²) < 4.78 is 0. The minimum atomic E-state index is 0.187. The van der Waals surface area contributed by atoms with Crippen LogP contribution in [0.2, 0.25) is 0 Å². The van der Waals surface area contributed by atoms with E-state index in [1.165, 1.54) is 17.8 Å². The van der Waals surface area contributed by atoms with E-state index in [0.717, 1.165) is 61.3 Å². The molecule has 6 heteroatoms. The second kappa shape index (κ2) is 12.0. The number of allylic oxidation sites excluding steroid dienone is 2. The zero-order chi connectivity index (χ0) is 21.0. The Hall–Kier alpha value is -2.78. The van der Waals surface area contributed by atoms with Crippen LogP contribution >= 0.6 is 11.3 Å². The molecule has 1 saturated heterocycles. The summed E-state index contributed by atoms with van der Waals surface area (Å²) in [6.45, 7) is 8.77. The van der Waals surface area contributed by atoms with Gasteiger partial charge in [-0.2, -0.15) is 6.57 Å². The fraction of sp³-hybridized carbons (Fsp3) is 0.417. The standard InChI is InChI=1S/C24H28N4OS/c1-25-27-22(19-21-10-14-26-15-11-21)8-5-3-2-4-7-20-12-16-28(17-13-20)24(29)23-9-6-18-30-23/h2-3,6,9-11,14-15,18,20H,4-5,7-8,12-13,16-17,19H2/b3-2+,27-22+. The van der Waals surface area contributed by atoms with E-state index in [0.29, 0.717) is 12.3 Å². The highest BCUT2D eigenvalue weighted by Gasteiger charge is 2.23. The lowest BCUT2D eigenvalue weighted by atomic mass is 9.92. The number of amides is 1. The largest absolute Gasteiger partial charge is 0.338 e. The molecule has 156 valence electrons. The lowest BCUT2D eigenvalue weighted by Crippen LogP contribution is -2.38. The van der Waals surface area contributed by atoms with E-state index >= 15 is 0 Å². The molecule has 0 unspecified atom stereocenters. The Morgan fingerprint density at radius 2 is 2.00 bits per heavy atom. The van der Waals surface area contributed by atoms with Crippen LogP contribution in [0.4, 0.5) is 0 Å². The van der Waals surface area contributed by atoms with Crippen molar-refractivity contribution < 1.29 is 4.79 Å². The zero-order valence-corrected chi connectivity index (χ0v) is 18.1. The Bertz CT molecular complexity index is 876. The van der Waals surface area contributed by atoms with Crippen molar-refractivity contribution in [2.24, 2.45) is 11.0 Å². The third-order valence-corrected chi connectivity index (χ3v) is 6.35. The fourth-order valence-corrected chi connectivity index (χ4v) is 4.47. The van der Waals surface area contributed by atoms with Crippen molar-refractivity contribution in [3.05, 3.63) is 76.2 Å². The third kappa shape index (κ3) is 6.93. The summed E-state index contributed by atoms with van der Waals surface area (Å²) in [5.74, 6) is 0.889. The first-order valence-corrected chi connectivity index (χ1v) is 11.4. The van der Waals surface area contributed by atoms with Crippen molar-refractivity contribution in [1.82, 2.24) is 9.88 Å². The molecule has 0 aliphatic carbocycles. The van der Waals surface area contributed by atoms with Gasteiger partial charge in [0.15, 0.2) is 0 Å². The lowest BCUT2D eigenvalue weighted by molar-refractivity contribution is 0.0692. The summed E-state index contributed by atoms with van der Waals surface area (Å²) in [6, 6.07) is 7.78. The normalized spacial score (nSPS) is 15.4. The Morgan fingerprint density at radius 3 is 2.70 bits per heavy atom. The molecule has 1 amide bonds. The van der Waals surface area contributed by atoms with E-state index in [1.807, 2.05) is 34.5 Å². The van der Waals surface area contributed by atoms with Gasteiger partial charge in [-0.25, -0.2) is 0 Å². The quantitative estimate of drug-likeness (QED) is 0.228. The Kier molecular flexibility index (Phi) is 8.80. The molecule has 0 spiro atoms. The van der Waals surface area contributed by atoms with E-state index < -0.39 is 0 Å². The summed E-state index contributed by atoms with van der Waals surface area (Å²) in [6.07, 6.45) is 14.9. The van der Waals surface area contributed by atoms with Crippen molar-refractivity contribution in [3.8, 4) is 0 Å². The number of carbonyl (C=O) groups is 1. The van der Waals surface area contributed by atoms with Crippen LogP contribution in [0.3, 0.4) is 0 Å². The molecule has 2 aromatic heterocycles. The van der Waals surface area contributed by atoms with Gasteiger partial charge in [-0.3, -0.25) is 9.78 Å². The summed E-state index contributed by atoms with van der Waals surface area (Å²) in [5, 5.41) is 5.93. The average molecular weight is 421 g/mol. The van der Waals surface area contributed by atoms with Crippen molar-refractivity contribution in [2.45, 2.75) is 44.9 Å². The number of carbonyl (C=O) groups excluding carboxylic acids is 1. The molecule has 0 saturated carbocycles. The van der Waals surface area contributed by atoms with E-state index in [-0.39, 0.29) is 5.91 Å². The van der Waals surface area contributed by atoms with Crippen LogP contribution in [0, 0.1) is 12.5 Å². The number of nitrogens with zero attached hydrogens (tertiary/aromatic N) is 4. The van der Waals surface area contributed by atoms with Gasteiger partial charge in [0.25, 0.3) is 5.91 Å². The SMILES string of the molecule is [C-]#[N+]/N=C(\CC/C=C/CCC1CCN(C(=O)c2cccs2)CC1)Cc1ccncc1. The molecule has 1 aliphatic rings. The van der Waals surface area contributed by atoms with E-state index in [2.05, 4.69) is 27.2 Å². The summed E-state index contributed by atoms with van der Waals surface area (Å²) in [4.78, 5) is 22.5. The highest BCUT2D eigenvalue weighted by atomic mass is 32.1. The molecule has 0 aromatic carbocycles. The summed E-state index contributed by atoms with van der Waals surface area (Å²) >= 11 is 1.52. The Labute approximate surface area is 183 Å². The molecule has 2 aromatic rings. The zero-order valence-electron chi connectivity index (χ0n) is 17.2. The van der Waals surface area contributed by atoms with Gasteiger partial charge in [0.1, 0.15) is 5.71 Å². The smallest absolute Gasteiger partial charge is 0.263 e. The van der Waals surface area contributed by atoms with Gasteiger partial charge in [-0.15, -0.1) is 16.3 Å². The lowest BCUT2D eigenvalue weighted by Gasteiger charge is -2.31. The molecule has 1 aliphatic heterocycles. The second-order valence-corrected chi connectivity index (χ2v) is 8.55. The maximum atomic E-state index is 12.4. The molecule has 3 rings (SSSR count). The highest BCUT2D eigenvalue weighted by Crippen LogP contribution is 2.24. The number of hydrogen-bond acceptors (Lipinski definition) is 4. The van der Waals surface area contributed by atoms with Crippen LogP contribution in [0.5, 0.6) is 0 Å². The molecule has 0 atom stereocenters. The van der Waals surface area contributed by atoms with Gasteiger partial charge in [0.05, 0.1) is 9.98 Å². The van der Waals surface area contributed by atoms with Crippen molar-refractivity contribution in [3.63, 3.8) is 0 Å². The predicted molar refractivity (Wildman–Crippen MR) is 123 cm³/mol. The first-order valence-electron chi connectivity index (χ1n) is 10.5. The van der Waals surface area contributed by atoms with Crippen LogP contribution in [0.1, 0.15) is 53.8 Å². The van der Waals surface area contributed by atoms with Crippen LogP contribution < -0.4 is 0 Å². The second-order valence-electron chi connectivity index (χ2n) is 7.60. The third-order valence-electron chi connectivity index (χ3n) is 5.49. The molecule has 0 radical (unpaired) electrons. The highest BCUT2D eigenvalue weighted by molar-refractivity contribution is 7.12. The molecular formula is C24H28N4OS. The minimum Gasteiger partial charge on any atom is -0.338 e. The van der Waals surface area contributed by atoms with Crippen LogP contribution in [-0.2, 0) is 6.42 Å². The summed E-state index contributed by atoms with van der Waals surface area (Å²) in [5.41, 5.74) is 2.06. The number of thiophene rings is 1. The van der Waals surface area contributed by atoms with Crippen molar-refractivity contribution in [2.75, 3.05) is 13.1 Å². The van der Waals surface area contributed by atoms with Gasteiger partial charge in [0, 0.05) is 31.9 Å². The summed E-state index contributed by atoms with van der Waals surface area (Å²) in [7, 11) is 0. The number of likely N-dealkylation sites (tertiary alicyclic amines) is 1. The monoisotopic (exact) mass is 420 g/mol. The molecule has 5 nitrogen and oxygen atoms in total. The maximum absolute atomic E-state index is 12.4. The van der Waals surface area contributed by atoms with Gasteiger partial charge >= 0.3 is 0 Å². The van der Waals surface area contributed by atoms with Crippen molar-refractivity contribution >= 4 is 23.0 Å². The molecular weight excluding hydrogens is 392 g/mol. The first-order chi connectivity index (χ1) is 14.8. The van der Waals surface area contributed by atoms with Gasteiger partial charge in [-0.1, -0.05) is 18.2 Å². The molecule has 1 fully saturated rings. The number of hydrogen-bond donors (Lipinski definition) is 0. The topological polar surface area (TPSA) is 49.9 Å². The molecule has 0 N–H and O–H groups in total. The molecule has 30 heavy (non-hydrogen) atoms. The van der Waals surface area contributed by atoms with Crippen molar-refractivity contribution in [1.29, 1.82) is 0 Å². The van der Waals surface area contributed by atoms with E-state index in [1.54, 1.807) is 12.4 Å². The first kappa shape index (κ1) is 21.9. The van der Waals surface area contributed by atoms with Gasteiger partial charge in [-0.05, 0) is 73.6 Å². The average Bonchev–Trinajstić information content (AvgIpc) is 3.32. The maximum Gasteiger partial charge on any atom is 0.263 e. The number of aromatic nitrogens is 1. The molecule has 3 heterocycles. The Morgan fingerprint density at radius 1 is 1.23 bits per heavy atom. The Balaban J connectivity index is 1.32. The van der Waals surface area contributed by atoms with E-state index in [9.17, 15) is 4.79 Å². The number of piperidine rings is 1. The fourth-order valence-electron chi connectivity index (χ4n) is 3.78. The number of rotatable bonds is 9. The van der Waals surface area contributed by atoms with Gasteiger partial charge in [0.2, 0.25) is 0 Å². The van der Waals surface area contributed by atoms with Crippen LogP contribution in [0.25, 0.3) is 4.95 Å². The van der Waals surface area contributed by atoms with Gasteiger partial charge < -0.3 is 4.90 Å². The number of pyridine rings is 1. The predicted octanol–water partition coefficient (Wildman–Crippen LogP) is 5.63. The van der Waals surface area contributed by atoms with Crippen LogP contribution in [-0.4, -0.2) is 34.6 Å².